The van der Waals surface area contributed by atoms with Gasteiger partial charge in [0.05, 0.1) is 11.8 Å². The SMILES string of the molecule is Cc1[nH]c2ccccc2c1C(=O)[C@@H](C)[NH2+][C@H](c1ccccc1)c1ccco1. The number of aryl methyl sites for hydroxylation is 1. The van der Waals surface area contributed by atoms with Crippen LogP contribution in [0.4, 0.5) is 0 Å². The van der Waals surface area contributed by atoms with E-state index in [4.69, 9.17) is 4.42 Å². The number of carbonyl (C=O) groups excluding carboxylic acids is 1. The number of aromatic nitrogens is 1. The van der Waals surface area contributed by atoms with Gasteiger partial charge in [-0.05, 0) is 32.0 Å². The molecule has 3 N–H and O–H groups in total. The summed E-state index contributed by atoms with van der Waals surface area (Å²) in [5, 5.41) is 3.06. The van der Waals surface area contributed by atoms with Crippen LogP contribution < -0.4 is 5.32 Å². The van der Waals surface area contributed by atoms with E-state index in [1.54, 1.807) is 6.26 Å². The smallest absolute Gasteiger partial charge is 0.222 e. The highest BCUT2D eigenvalue weighted by Crippen LogP contribution is 2.24. The lowest BCUT2D eigenvalue weighted by molar-refractivity contribution is -0.705. The van der Waals surface area contributed by atoms with Crippen molar-refractivity contribution >= 4 is 16.7 Å². The molecule has 0 unspecified atom stereocenters. The van der Waals surface area contributed by atoms with Gasteiger partial charge in [-0.1, -0.05) is 48.5 Å². The van der Waals surface area contributed by atoms with Crippen molar-refractivity contribution < 1.29 is 14.5 Å². The van der Waals surface area contributed by atoms with E-state index >= 15 is 0 Å². The molecular weight excluding hydrogens is 336 g/mol. The molecule has 0 saturated carbocycles. The molecule has 136 valence electrons. The van der Waals surface area contributed by atoms with Crippen LogP contribution in [0.2, 0.25) is 0 Å². The lowest BCUT2D eigenvalue weighted by atomic mass is 9.99. The molecule has 0 amide bonds. The Morgan fingerprint density at radius 3 is 2.48 bits per heavy atom. The number of hydrogen-bond donors (Lipinski definition) is 2. The lowest BCUT2D eigenvalue weighted by Gasteiger charge is -2.18. The van der Waals surface area contributed by atoms with Gasteiger partial charge in [-0.2, -0.15) is 0 Å². The molecule has 0 fully saturated rings. The molecular formula is C23H23N2O2+. The van der Waals surface area contributed by atoms with Crippen molar-refractivity contribution in [3.8, 4) is 0 Å². The summed E-state index contributed by atoms with van der Waals surface area (Å²) < 4.78 is 5.67. The van der Waals surface area contributed by atoms with Gasteiger partial charge in [0.2, 0.25) is 5.78 Å². The number of nitrogens with one attached hydrogen (secondary N) is 1. The Labute approximate surface area is 158 Å². The van der Waals surface area contributed by atoms with Crippen molar-refractivity contribution in [2.24, 2.45) is 0 Å². The number of benzene rings is 2. The van der Waals surface area contributed by atoms with E-state index in [0.717, 1.165) is 33.5 Å². The van der Waals surface area contributed by atoms with Crippen LogP contribution in [0.25, 0.3) is 10.9 Å². The maximum atomic E-state index is 13.3. The standard InChI is InChI=1S/C23H22N2O2/c1-15-21(18-11-6-7-12-19(18)24-15)23(26)16(2)25-22(20-13-8-14-27-20)17-9-4-3-5-10-17/h3-14,16,22,24-25H,1-2H3/p+1/t16-,22-/m1/s1. The number of rotatable bonds is 6. The summed E-state index contributed by atoms with van der Waals surface area (Å²) in [5.41, 5.74) is 3.80. The minimum Gasteiger partial charge on any atom is -0.463 e. The first-order chi connectivity index (χ1) is 13.1. The fraction of sp³-hybridized carbons (Fsp3) is 0.174. The summed E-state index contributed by atoms with van der Waals surface area (Å²) in [6.45, 7) is 3.92. The average Bonchev–Trinajstić information content (AvgIpc) is 3.33. The van der Waals surface area contributed by atoms with Gasteiger partial charge in [-0.25, -0.2) is 0 Å². The third-order valence-electron chi connectivity index (χ3n) is 5.04. The van der Waals surface area contributed by atoms with Gasteiger partial charge in [-0.15, -0.1) is 0 Å². The van der Waals surface area contributed by atoms with Crippen molar-refractivity contribution in [2.45, 2.75) is 25.9 Å². The van der Waals surface area contributed by atoms with E-state index in [1.807, 2.05) is 68.4 Å². The minimum atomic E-state index is -0.252. The van der Waals surface area contributed by atoms with Gasteiger partial charge < -0.3 is 14.7 Å². The molecule has 0 aliphatic heterocycles. The molecule has 0 spiro atoms. The number of para-hydroxylation sites is 1. The molecule has 0 radical (unpaired) electrons. The molecule has 4 nitrogen and oxygen atoms in total. The maximum Gasteiger partial charge on any atom is 0.222 e. The number of ketones is 1. The van der Waals surface area contributed by atoms with Crippen LogP contribution in [0.1, 0.15) is 40.3 Å². The Morgan fingerprint density at radius 2 is 1.74 bits per heavy atom. The summed E-state index contributed by atoms with van der Waals surface area (Å²) in [5.74, 6) is 0.967. The number of furan rings is 1. The number of quaternary nitrogens is 1. The Kier molecular flexibility index (Phi) is 4.65. The largest absolute Gasteiger partial charge is 0.463 e. The highest BCUT2D eigenvalue weighted by atomic mass is 16.3. The van der Waals surface area contributed by atoms with Crippen LogP contribution in [-0.4, -0.2) is 16.8 Å². The van der Waals surface area contributed by atoms with E-state index in [2.05, 4.69) is 22.4 Å². The van der Waals surface area contributed by atoms with Crippen LogP contribution in [0.3, 0.4) is 0 Å². The first-order valence-corrected chi connectivity index (χ1v) is 9.20. The second-order valence-corrected chi connectivity index (χ2v) is 6.92. The lowest BCUT2D eigenvalue weighted by Crippen LogP contribution is -2.92. The molecule has 0 aliphatic rings. The fourth-order valence-electron chi connectivity index (χ4n) is 3.70. The monoisotopic (exact) mass is 359 g/mol. The predicted molar refractivity (Wildman–Crippen MR) is 106 cm³/mol. The van der Waals surface area contributed by atoms with Crippen LogP contribution in [0, 0.1) is 6.92 Å². The van der Waals surface area contributed by atoms with Crippen LogP contribution in [0.15, 0.2) is 77.4 Å². The van der Waals surface area contributed by atoms with Gasteiger partial charge in [0, 0.05) is 22.2 Å². The molecule has 0 bridgehead atoms. The van der Waals surface area contributed by atoms with Crippen molar-refractivity contribution in [3.05, 3.63) is 95.6 Å². The summed E-state index contributed by atoms with van der Waals surface area (Å²) >= 11 is 0. The van der Waals surface area contributed by atoms with Crippen molar-refractivity contribution in [2.75, 3.05) is 0 Å². The second-order valence-electron chi connectivity index (χ2n) is 6.92. The van der Waals surface area contributed by atoms with Gasteiger partial charge in [0.25, 0.3) is 0 Å². The van der Waals surface area contributed by atoms with Crippen molar-refractivity contribution in [3.63, 3.8) is 0 Å². The third kappa shape index (κ3) is 3.32. The Hall–Kier alpha value is -3.11. The van der Waals surface area contributed by atoms with Crippen molar-refractivity contribution in [1.29, 1.82) is 0 Å². The maximum absolute atomic E-state index is 13.3. The molecule has 4 aromatic rings. The molecule has 27 heavy (non-hydrogen) atoms. The Bertz CT molecular complexity index is 1050. The van der Waals surface area contributed by atoms with E-state index in [-0.39, 0.29) is 17.9 Å². The minimum absolute atomic E-state index is 0.0642. The summed E-state index contributed by atoms with van der Waals surface area (Å²) in [6, 6.07) is 21.6. The zero-order chi connectivity index (χ0) is 18.8. The van der Waals surface area contributed by atoms with E-state index < -0.39 is 0 Å². The highest BCUT2D eigenvalue weighted by molar-refractivity contribution is 6.10. The topological polar surface area (TPSA) is 62.6 Å². The zero-order valence-corrected chi connectivity index (χ0v) is 15.5. The summed E-state index contributed by atoms with van der Waals surface area (Å²) in [6.07, 6.45) is 1.68. The fourth-order valence-corrected chi connectivity index (χ4v) is 3.70. The molecule has 4 heteroatoms. The summed E-state index contributed by atoms with van der Waals surface area (Å²) in [7, 11) is 0. The van der Waals surface area contributed by atoms with E-state index in [9.17, 15) is 4.79 Å². The molecule has 0 aliphatic carbocycles. The highest BCUT2D eigenvalue weighted by Gasteiger charge is 2.29. The summed E-state index contributed by atoms with van der Waals surface area (Å²) in [4.78, 5) is 16.6. The number of hydrogen-bond acceptors (Lipinski definition) is 2. The number of H-pyrrole nitrogens is 1. The Morgan fingerprint density at radius 1 is 1.00 bits per heavy atom. The second kappa shape index (κ2) is 7.25. The molecule has 2 aromatic carbocycles. The van der Waals surface area contributed by atoms with Gasteiger partial charge in [0.15, 0.2) is 11.8 Å². The molecule has 2 aromatic heterocycles. The molecule has 0 saturated heterocycles. The number of carbonyl (C=O) groups is 1. The Balaban J connectivity index is 1.66. The van der Waals surface area contributed by atoms with Gasteiger partial charge >= 0.3 is 0 Å². The first-order valence-electron chi connectivity index (χ1n) is 9.20. The number of fused-ring (bicyclic) bond motifs is 1. The average molecular weight is 359 g/mol. The normalized spacial score (nSPS) is 13.6. The van der Waals surface area contributed by atoms with E-state index in [0.29, 0.717) is 0 Å². The van der Waals surface area contributed by atoms with Crippen LogP contribution >= 0.6 is 0 Å². The van der Waals surface area contributed by atoms with Crippen molar-refractivity contribution in [1.82, 2.24) is 4.98 Å². The third-order valence-corrected chi connectivity index (χ3v) is 5.04. The molecule has 4 rings (SSSR count). The molecule has 2 atom stereocenters. The van der Waals surface area contributed by atoms with Gasteiger partial charge in [-0.3, -0.25) is 4.79 Å². The quantitative estimate of drug-likeness (QED) is 0.511. The molecule has 2 heterocycles. The number of nitrogens with two attached hydrogens (primary N) is 1. The predicted octanol–water partition coefficient (Wildman–Crippen LogP) is 3.99. The van der Waals surface area contributed by atoms with Crippen LogP contribution in [0.5, 0.6) is 0 Å². The zero-order valence-electron chi connectivity index (χ0n) is 15.5. The van der Waals surface area contributed by atoms with E-state index in [1.165, 1.54) is 0 Å². The van der Waals surface area contributed by atoms with Gasteiger partial charge in [0.1, 0.15) is 6.04 Å². The first kappa shape index (κ1) is 17.3. The van der Waals surface area contributed by atoms with Crippen LogP contribution in [-0.2, 0) is 0 Å². The number of aromatic amines is 1. The number of Topliss-reactive ketones (excluding diaryl/α,β-unsaturated/α-hetero) is 1.